The van der Waals surface area contributed by atoms with Crippen LogP contribution in [-0.2, 0) is 15.7 Å². The molecule has 0 spiro atoms. The highest BCUT2D eigenvalue weighted by molar-refractivity contribution is 6.08. The molecule has 0 bridgehead atoms. The quantitative estimate of drug-likeness (QED) is 0.195. The van der Waals surface area contributed by atoms with Gasteiger partial charge in [0.2, 0.25) is 0 Å². The fourth-order valence-corrected chi connectivity index (χ4v) is 5.44. The number of hydrogen-bond acceptors (Lipinski definition) is 5. The minimum atomic E-state index is -4.43. The third kappa shape index (κ3) is 7.47. The lowest BCUT2D eigenvalue weighted by Gasteiger charge is -2.35. The summed E-state index contributed by atoms with van der Waals surface area (Å²) >= 11 is 0. The first kappa shape index (κ1) is 30.8. The number of rotatable bonds is 9. The lowest BCUT2D eigenvalue weighted by molar-refractivity contribution is -0.146. The molecule has 4 aromatic carbocycles. The first-order valence-electron chi connectivity index (χ1n) is 14.6. The van der Waals surface area contributed by atoms with Gasteiger partial charge in [-0.25, -0.2) is 4.79 Å². The molecule has 1 aliphatic rings. The van der Waals surface area contributed by atoms with Crippen molar-refractivity contribution in [2.45, 2.75) is 38.0 Å². The molecule has 1 unspecified atom stereocenters. The molecule has 1 saturated heterocycles. The van der Waals surface area contributed by atoms with Crippen LogP contribution in [-0.4, -0.2) is 37.6 Å². The molecule has 0 aromatic heterocycles. The number of halogens is 3. The summed E-state index contributed by atoms with van der Waals surface area (Å²) in [5.74, 6) is -0.629. The van der Waals surface area contributed by atoms with Gasteiger partial charge < -0.3 is 15.0 Å². The third-order valence-electron chi connectivity index (χ3n) is 7.74. The van der Waals surface area contributed by atoms with Gasteiger partial charge >= 0.3 is 12.1 Å². The summed E-state index contributed by atoms with van der Waals surface area (Å²) < 4.78 is 44.3. The van der Waals surface area contributed by atoms with Crippen LogP contribution in [0.3, 0.4) is 0 Å². The fourth-order valence-electron chi connectivity index (χ4n) is 5.44. The Labute approximate surface area is 254 Å². The predicted molar refractivity (Wildman–Crippen MR) is 165 cm³/mol. The molecule has 0 saturated carbocycles. The number of esters is 1. The van der Waals surface area contributed by atoms with Crippen molar-refractivity contribution in [2.24, 2.45) is 0 Å². The molecular formula is C35H34F3N3O3. The van der Waals surface area contributed by atoms with Gasteiger partial charge in [0.25, 0.3) is 5.91 Å². The Bertz CT molecular complexity index is 1550. The van der Waals surface area contributed by atoms with Crippen molar-refractivity contribution in [3.05, 3.63) is 120 Å². The van der Waals surface area contributed by atoms with Crippen LogP contribution in [0.15, 0.2) is 103 Å². The van der Waals surface area contributed by atoms with Crippen LogP contribution in [0.2, 0.25) is 0 Å². The molecule has 1 aliphatic heterocycles. The van der Waals surface area contributed by atoms with Crippen molar-refractivity contribution in [1.82, 2.24) is 5.32 Å². The van der Waals surface area contributed by atoms with Gasteiger partial charge in [-0.15, -0.1) is 0 Å². The molecule has 0 aliphatic carbocycles. The number of anilines is 2. The van der Waals surface area contributed by atoms with Crippen LogP contribution in [0.1, 0.15) is 47.3 Å². The van der Waals surface area contributed by atoms with Crippen LogP contribution in [0.25, 0.3) is 11.1 Å². The first-order valence-corrected chi connectivity index (χ1v) is 14.6. The first-order chi connectivity index (χ1) is 21.2. The van der Waals surface area contributed by atoms with Gasteiger partial charge in [0, 0.05) is 36.1 Å². The molecule has 1 amide bonds. The number of ether oxygens (including phenoxy) is 1. The monoisotopic (exact) mass is 601 g/mol. The average molecular weight is 602 g/mol. The Morgan fingerprint density at radius 2 is 1.50 bits per heavy atom. The number of hydrogen-bond donors (Lipinski definition) is 2. The number of carbonyl (C=O) groups is 2. The highest BCUT2D eigenvalue weighted by Crippen LogP contribution is 2.32. The molecule has 9 heteroatoms. The maximum absolute atomic E-state index is 13.2. The van der Waals surface area contributed by atoms with Crippen LogP contribution < -0.4 is 15.5 Å². The van der Waals surface area contributed by atoms with Crippen molar-refractivity contribution in [3.63, 3.8) is 0 Å². The van der Waals surface area contributed by atoms with Crippen molar-refractivity contribution in [3.8, 4) is 11.1 Å². The predicted octanol–water partition coefficient (Wildman–Crippen LogP) is 7.49. The van der Waals surface area contributed by atoms with E-state index in [1.54, 1.807) is 31.2 Å². The number of piperidine rings is 1. The summed E-state index contributed by atoms with van der Waals surface area (Å²) in [6, 6.07) is 28.5. The lowest BCUT2D eigenvalue weighted by atomic mass is 9.98. The SMILES string of the molecule is CCOC(=O)C(NC1CCN(c2ccc(NC(=O)c3ccccc3-c3ccc(C(F)(F)F)cc3)cc2)CC1)c1ccccc1. The Kier molecular flexibility index (Phi) is 9.65. The van der Waals surface area contributed by atoms with Crippen LogP contribution in [0.5, 0.6) is 0 Å². The molecule has 1 heterocycles. The van der Waals surface area contributed by atoms with E-state index in [1.807, 2.05) is 54.6 Å². The highest BCUT2D eigenvalue weighted by atomic mass is 19.4. The van der Waals surface area contributed by atoms with E-state index in [0.29, 0.717) is 29.0 Å². The second kappa shape index (κ2) is 13.8. The molecule has 0 radical (unpaired) electrons. The summed E-state index contributed by atoms with van der Waals surface area (Å²) in [5, 5.41) is 6.41. The molecule has 44 heavy (non-hydrogen) atoms. The van der Waals surface area contributed by atoms with E-state index >= 15 is 0 Å². The Balaban J connectivity index is 1.19. The maximum Gasteiger partial charge on any atom is 0.416 e. The largest absolute Gasteiger partial charge is 0.465 e. The van der Waals surface area contributed by atoms with Crippen LogP contribution in [0.4, 0.5) is 24.5 Å². The number of benzene rings is 4. The molecule has 2 N–H and O–H groups in total. The topological polar surface area (TPSA) is 70.7 Å². The van der Waals surface area contributed by atoms with Crippen LogP contribution >= 0.6 is 0 Å². The van der Waals surface area contributed by atoms with Crippen molar-refractivity contribution in [2.75, 3.05) is 29.9 Å². The standard InChI is InChI=1S/C35H34F3N3O3/c1-2-44-34(43)32(25-8-4-3-5-9-25)39-28-20-22-41(23-21-28)29-18-16-27(17-19-29)40-33(42)31-11-7-6-10-30(31)24-12-14-26(15-13-24)35(36,37)38/h3-19,28,32,39H,2,20-23H2,1H3,(H,40,42). The summed E-state index contributed by atoms with van der Waals surface area (Å²) in [6.07, 6.45) is -2.73. The van der Waals surface area contributed by atoms with E-state index in [0.717, 1.165) is 49.3 Å². The zero-order valence-electron chi connectivity index (χ0n) is 24.3. The van der Waals surface area contributed by atoms with E-state index in [2.05, 4.69) is 15.5 Å². The Morgan fingerprint density at radius 1 is 0.864 bits per heavy atom. The smallest absolute Gasteiger partial charge is 0.416 e. The second-order valence-electron chi connectivity index (χ2n) is 10.6. The minimum Gasteiger partial charge on any atom is -0.465 e. The lowest BCUT2D eigenvalue weighted by Crippen LogP contribution is -2.45. The molecular weight excluding hydrogens is 567 g/mol. The number of nitrogens with one attached hydrogen (secondary N) is 2. The Hall–Kier alpha value is -4.63. The summed E-state index contributed by atoms with van der Waals surface area (Å²) in [6.45, 7) is 3.73. The average Bonchev–Trinajstić information content (AvgIpc) is 3.04. The third-order valence-corrected chi connectivity index (χ3v) is 7.74. The summed E-state index contributed by atoms with van der Waals surface area (Å²) in [4.78, 5) is 28.1. The zero-order chi connectivity index (χ0) is 31.1. The number of carbonyl (C=O) groups excluding carboxylic acids is 2. The van der Waals surface area contributed by atoms with Crippen molar-refractivity contribution in [1.29, 1.82) is 0 Å². The van der Waals surface area contributed by atoms with Gasteiger partial charge in [0.05, 0.1) is 12.2 Å². The molecule has 4 aromatic rings. The number of amides is 1. The second-order valence-corrected chi connectivity index (χ2v) is 10.6. The van der Waals surface area contributed by atoms with Gasteiger partial charge in [-0.2, -0.15) is 13.2 Å². The summed E-state index contributed by atoms with van der Waals surface area (Å²) in [5.41, 5.74) is 3.21. The zero-order valence-corrected chi connectivity index (χ0v) is 24.3. The minimum absolute atomic E-state index is 0.157. The van der Waals surface area contributed by atoms with Crippen molar-refractivity contribution < 1.29 is 27.5 Å². The fraction of sp³-hybridized carbons (Fsp3) is 0.257. The van der Waals surface area contributed by atoms with Gasteiger partial charge in [-0.1, -0.05) is 60.7 Å². The van der Waals surface area contributed by atoms with Gasteiger partial charge in [0.15, 0.2) is 0 Å². The van der Waals surface area contributed by atoms with Gasteiger partial charge in [-0.3, -0.25) is 10.1 Å². The molecule has 6 nitrogen and oxygen atoms in total. The number of nitrogens with zero attached hydrogens (tertiary/aromatic N) is 1. The van der Waals surface area contributed by atoms with Gasteiger partial charge in [0.1, 0.15) is 6.04 Å². The number of alkyl halides is 3. The van der Waals surface area contributed by atoms with E-state index in [4.69, 9.17) is 4.74 Å². The van der Waals surface area contributed by atoms with E-state index in [-0.39, 0.29) is 17.9 Å². The van der Waals surface area contributed by atoms with Crippen LogP contribution in [0, 0.1) is 0 Å². The molecule has 1 atom stereocenters. The molecule has 5 rings (SSSR count). The highest BCUT2D eigenvalue weighted by Gasteiger charge is 2.30. The molecule has 228 valence electrons. The normalized spacial score (nSPS) is 14.6. The van der Waals surface area contributed by atoms with E-state index < -0.39 is 17.8 Å². The van der Waals surface area contributed by atoms with Crippen molar-refractivity contribution >= 4 is 23.3 Å². The summed E-state index contributed by atoms with van der Waals surface area (Å²) in [7, 11) is 0. The molecule has 1 fully saturated rings. The van der Waals surface area contributed by atoms with E-state index in [9.17, 15) is 22.8 Å². The Morgan fingerprint density at radius 3 is 2.14 bits per heavy atom. The van der Waals surface area contributed by atoms with Gasteiger partial charge in [-0.05, 0) is 78.9 Å². The van der Waals surface area contributed by atoms with E-state index in [1.165, 1.54) is 12.1 Å². The maximum atomic E-state index is 13.2.